The zero-order valence-corrected chi connectivity index (χ0v) is 18.3. The summed E-state index contributed by atoms with van der Waals surface area (Å²) in [7, 11) is 0. The smallest absolute Gasteiger partial charge is 0.240 e. The lowest BCUT2D eigenvalue weighted by atomic mass is 9.85. The molecule has 3 aromatic carbocycles. The first-order valence-electron chi connectivity index (χ1n) is 10.7. The van der Waals surface area contributed by atoms with Crippen molar-refractivity contribution in [2.24, 2.45) is 5.41 Å². The molecule has 4 nitrogen and oxygen atoms in total. The third kappa shape index (κ3) is 4.53. The second-order valence-electron chi connectivity index (χ2n) is 9.25. The van der Waals surface area contributed by atoms with Crippen molar-refractivity contribution in [2.45, 2.75) is 39.8 Å². The van der Waals surface area contributed by atoms with E-state index in [1.165, 1.54) is 0 Å². The minimum Gasteiger partial charge on any atom is -0.348 e. The first-order valence-corrected chi connectivity index (χ1v) is 10.7. The summed E-state index contributed by atoms with van der Waals surface area (Å²) in [6.45, 7) is 6.68. The van der Waals surface area contributed by atoms with Crippen LogP contribution in [0.4, 0.5) is 0 Å². The molecule has 1 heterocycles. The van der Waals surface area contributed by atoms with Crippen LogP contribution in [-0.2, 0) is 11.3 Å². The zero-order valence-electron chi connectivity index (χ0n) is 18.3. The maximum Gasteiger partial charge on any atom is 0.240 e. The predicted octanol–water partition coefficient (Wildman–Crippen LogP) is 5.45. The Bertz CT molecular complexity index is 1220. The van der Waals surface area contributed by atoms with Gasteiger partial charge in [-0.15, -0.1) is 0 Å². The minimum atomic E-state index is -0.0781. The molecule has 0 spiro atoms. The van der Waals surface area contributed by atoms with Crippen molar-refractivity contribution in [2.75, 3.05) is 0 Å². The van der Waals surface area contributed by atoms with Crippen LogP contribution >= 0.6 is 0 Å². The molecule has 0 saturated carbocycles. The topological polar surface area (TPSA) is 51.1 Å². The monoisotopic (exact) mass is 412 g/mol. The quantitative estimate of drug-likeness (QED) is 0.443. The van der Waals surface area contributed by atoms with E-state index < -0.39 is 0 Å². The standard InChI is InChI=1S/C27H28N2O2/c1-27(2,3)17-22(19-11-5-4-6-12-19)28-25(30)18-29-23-15-9-7-13-20(23)26(31)21-14-8-10-16-24(21)29/h4-16,22H,17-18H2,1-3H3,(H,28,30). The van der Waals surface area contributed by atoms with Crippen molar-refractivity contribution < 1.29 is 4.79 Å². The van der Waals surface area contributed by atoms with Crippen molar-refractivity contribution in [1.82, 2.24) is 9.88 Å². The molecule has 1 atom stereocenters. The average molecular weight is 413 g/mol. The van der Waals surface area contributed by atoms with Crippen LogP contribution in [0.15, 0.2) is 83.7 Å². The van der Waals surface area contributed by atoms with E-state index in [0.717, 1.165) is 23.0 Å². The van der Waals surface area contributed by atoms with E-state index in [0.29, 0.717) is 10.8 Å². The molecule has 0 aliphatic carbocycles. The van der Waals surface area contributed by atoms with Crippen molar-refractivity contribution in [3.63, 3.8) is 0 Å². The van der Waals surface area contributed by atoms with E-state index in [2.05, 4.69) is 38.2 Å². The Morgan fingerprint density at radius 2 is 1.35 bits per heavy atom. The molecular formula is C27H28N2O2. The Morgan fingerprint density at radius 3 is 1.90 bits per heavy atom. The highest BCUT2D eigenvalue weighted by molar-refractivity contribution is 5.94. The third-order valence-electron chi connectivity index (χ3n) is 5.53. The molecule has 158 valence electrons. The summed E-state index contributed by atoms with van der Waals surface area (Å²) in [5.74, 6) is -0.0722. The maximum atomic E-state index is 13.2. The lowest BCUT2D eigenvalue weighted by Crippen LogP contribution is -2.34. The molecular weight excluding hydrogens is 384 g/mol. The number of carbonyl (C=O) groups is 1. The maximum absolute atomic E-state index is 13.2. The first kappa shape index (κ1) is 20.9. The summed E-state index contributed by atoms with van der Waals surface area (Å²) in [5, 5.41) is 4.50. The van der Waals surface area contributed by atoms with Crippen LogP contribution in [0.1, 0.15) is 38.8 Å². The number of fused-ring (bicyclic) bond motifs is 2. The number of para-hydroxylation sites is 2. The van der Waals surface area contributed by atoms with E-state index in [4.69, 9.17) is 0 Å². The SMILES string of the molecule is CC(C)(C)CC(NC(=O)Cn1c2ccccc2c(=O)c2ccccc21)c1ccccc1. The molecule has 0 fully saturated rings. The molecule has 1 aromatic heterocycles. The number of nitrogens with one attached hydrogen (secondary N) is 1. The highest BCUT2D eigenvalue weighted by atomic mass is 16.2. The third-order valence-corrected chi connectivity index (χ3v) is 5.53. The van der Waals surface area contributed by atoms with E-state index >= 15 is 0 Å². The van der Waals surface area contributed by atoms with Gasteiger partial charge in [0.05, 0.1) is 17.1 Å². The van der Waals surface area contributed by atoms with E-state index in [1.807, 2.05) is 71.3 Å². The summed E-state index contributed by atoms with van der Waals surface area (Å²) in [5.41, 5.74) is 2.70. The molecule has 0 aliphatic heterocycles. The van der Waals surface area contributed by atoms with Crippen LogP contribution in [0.2, 0.25) is 0 Å². The van der Waals surface area contributed by atoms with Gasteiger partial charge in [0.15, 0.2) is 5.43 Å². The summed E-state index contributed by atoms with van der Waals surface area (Å²) in [6, 6.07) is 25.0. The van der Waals surface area contributed by atoms with Gasteiger partial charge in [-0.25, -0.2) is 0 Å². The molecule has 31 heavy (non-hydrogen) atoms. The van der Waals surface area contributed by atoms with Gasteiger partial charge in [0.2, 0.25) is 5.91 Å². The summed E-state index contributed by atoms with van der Waals surface area (Å²) < 4.78 is 1.94. The Balaban J connectivity index is 1.72. The van der Waals surface area contributed by atoms with Gasteiger partial charge in [-0.2, -0.15) is 0 Å². The van der Waals surface area contributed by atoms with Crippen LogP contribution in [0.25, 0.3) is 21.8 Å². The van der Waals surface area contributed by atoms with Gasteiger partial charge >= 0.3 is 0 Å². The molecule has 0 aliphatic rings. The molecule has 4 heteroatoms. The fourth-order valence-corrected chi connectivity index (χ4v) is 4.18. The van der Waals surface area contributed by atoms with Crippen molar-refractivity contribution >= 4 is 27.7 Å². The number of nitrogens with zero attached hydrogens (tertiary/aromatic N) is 1. The summed E-state index contributed by atoms with van der Waals surface area (Å²) in [4.78, 5) is 26.2. The Kier molecular flexibility index (Phi) is 5.64. The van der Waals surface area contributed by atoms with Crippen LogP contribution in [0.5, 0.6) is 0 Å². The number of hydrogen-bond acceptors (Lipinski definition) is 2. The highest BCUT2D eigenvalue weighted by Crippen LogP contribution is 2.29. The molecule has 4 rings (SSSR count). The lowest BCUT2D eigenvalue weighted by Gasteiger charge is -2.27. The number of aromatic nitrogens is 1. The normalized spacial score (nSPS) is 12.7. The second-order valence-corrected chi connectivity index (χ2v) is 9.25. The van der Waals surface area contributed by atoms with Gasteiger partial charge in [0.1, 0.15) is 6.54 Å². The highest BCUT2D eigenvalue weighted by Gasteiger charge is 2.22. The molecule has 4 aromatic rings. The molecule has 0 saturated heterocycles. The Hall–Kier alpha value is -3.40. The van der Waals surface area contributed by atoms with Gasteiger partial charge in [-0.3, -0.25) is 9.59 Å². The van der Waals surface area contributed by atoms with Crippen LogP contribution in [0, 0.1) is 5.41 Å². The number of pyridine rings is 1. The minimum absolute atomic E-state index is 0.00208. The average Bonchev–Trinajstić information content (AvgIpc) is 2.76. The number of amides is 1. The van der Waals surface area contributed by atoms with Gasteiger partial charge in [-0.05, 0) is 41.7 Å². The first-order chi connectivity index (χ1) is 14.8. The number of benzene rings is 3. The van der Waals surface area contributed by atoms with Gasteiger partial charge in [-0.1, -0.05) is 75.4 Å². The number of hydrogen-bond donors (Lipinski definition) is 1. The van der Waals surface area contributed by atoms with E-state index in [1.54, 1.807) is 0 Å². The van der Waals surface area contributed by atoms with Crippen LogP contribution in [0.3, 0.4) is 0 Å². The fraction of sp³-hybridized carbons (Fsp3) is 0.259. The van der Waals surface area contributed by atoms with Gasteiger partial charge < -0.3 is 9.88 Å². The lowest BCUT2D eigenvalue weighted by molar-refractivity contribution is -0.122. The van der Waals surface area contributed by atoms with E-state index in [9.17, 15) is 9.59 Å². The predicted molar refractivity (Wildman–Crippen MR) is 127 cm³/mol. The van der Waals surface area contributed by atoms with Gasteiger partial charge in [0, 0.05) is 10.8 Å². The molecule has 1 amide bonds. The molecule has 0 radical (unpaired) electrons. The number of carbonyl (C=O) groups excluding carboxylic acids is 1. The van der Waals surface area contributed by atoms with Crippen LogP contribution in [-0.4, -0.2) is 10.5 Å². The Morgan fingerprint density at radius 1 is 0.839 bits per heavy atom. The number of rotatable bonds is 5. The summed E-state index contributed by atoms with van der Waals surface area (Å²) in [6.07, 6.45) is 0.828. The van der Waals surface area contributed by atoms with E-state index in [-0.39, 0.29) is 29.3 Å². The molecule has 1 N–H and O–H groups in total. The Labute approximate surface area is 182 Å². The van der Waals surface area contributed by atoms with Crippen molar-refractivity contribution in [3.05, 3.63) is 94.6 Å². The zero-order chi connectivity index (χ0) is 22.0. The van der Waals surface area contributed by atoms with Crippen LogP contribution < -0.4 is 10.7 Å². The molecule has 0 bridgehead atoms. The fourth-order valence-electron chi connectivity index (χ4n) is 4.18. The van der Waals surface area contributed by atoms with Crippen molar-refractivity contribution in [1.29, 1.82) is 0 Å². The second kappa shape index (κ2) is 8.38. The van der Waals surface area contributed by atoms with Crippen molar-refractivity contribution in [3.8, 4) is 0 Å². The molecule has 1 unspecified atom stereocenters. The van der Waals surface area contributed by atoms with Gasteiger partial charge in [0.25, 0.3) is 0 Å². The largest absolute Gasteiger partial charge is 0.348 e. The summed E-state index contributed by atoms with van der Waals surface area (Å²) >= 11 is 0.